The van der Waals surface area contributed by atoms with Gasteiger partial charge in [0.1, 0.15) is 5.82 Å². The van der Waals surface area contributed by atoms with Gasteiger partial charge < -0.3 is 5.32 Å². The summed E-state index contributed by atoms with van der Waals surface area (Å²) in [5.74, 6) is -3.52. The van der Waals surface area contributed by atoms with E-state index < -0.39 is 23.4 Å². The van der Waals surface area contributed by atoms with Crippen molar-refractivity contribution >= 4 is 5.91 Å². The first-order valence-electron chi connectivity index (χ1n) is 5.93. The van der Waals surface area contributed by atoms with Crippen LogP contribution in [0.3, 0.4) is 0 Å². The van der Waals surface area contributed by atoms with Crippen molar-refractivity contribution in [1.82, 2.24) is 5.32 Å². The average Bonchev–Trinajstić information content (AvgIpc) is 2.48. The van der Waals surface area contributed by atoms with Gasteiger partial charge in [-0.3, -0.25) is 4.79 Å². The Morgan fingerprint density at radius 2 is 1.76 bits per heavy atom. The molecule has 3 nitrogen and oxygen atoms in total. The summed E-state index contributed by atoms with van der Waals surface area (Å²) < 4.78 is 39.3. The van der Waals surface area contributed by atoms with Crippen LogP contribution in [0.4, 0.5) is 13.2 Å². The molecule has 1 amide bonds. The van der Waals surface area contributed by atoms with Crippen LogP contribution in [0.5, 0.6) is 0 Å². The van der Waals surface area contributed by atoms with Crippen LogP contribution in [0.1, 0.15) is 21.5 Å². The van der Waals surface area contributed by atoms with E-state index in [4.69, 9.17) is 5.26 Å². The summed E-state index contributed by atoms with van der Waals surface area (Å²) in [6.07, 6.45) is 0. The molecule has 0 saturated heterocycles. The van der Waals surface area contributed by atoms with Crippen LogP contribution in [0, 0.1) is 28.8 Å². The lowest BCUT2D eigenvalue weighted by atomic mass is 10.1. The summed E-state index contributed by atoms with van der Waals surface area (Å²) in [4.78, 5) is 11.8. The summed E-state index contributed by atoms with van der Waals surface area (Å²) in [5.41, 5.74) is 0.199. The lowest BCUT2D eigenvalue weighted by Gasteiger charge is -2.07. The Bertz CT molecular complexity index is 738. The number of amides is 1. The predicted molar refractivity (Wildman–Crippen MR) is 68.6 cm³/mol. The highest BCUT2D eigenvalue weighted by Gasteiger charge is 2.12. The Balaban J connectivity index is 2.11. The molecule has 0 heterocycles. The van der Waals surface area contributed by atoms with Gasteiger partial charge in [-0.05, 0) is 35.9 Å². The minimum atomic E-state index is -1.03. The van der Waals surface area contributed by atoms with Crippen molar-refractivity contribution in [3.05, 3.63) is 70.5 Å². The van der Waals surface area contributed by atoms with Gasteiger partial charge in [-0.25, -0.2) is 13.2 Å². The minimum absolute atomic E-state index is 0.0910. The topological polar surface area (TPSA) is 52.9 Å². The van der Waals surface area contributed by atoms with Gasteiger partial charge in [-0.15, -0.1) is 0 Å². The average molecular weight is 290 g/mol. The van der Waals surface area contributed by atoms with E-state index in [9.17, 15) is 18.0 Å². The van der Waals surface area contributed by atoms with E-state index in [1.54, 1.807) is 6.07 Å². The molecule has 0 aliphatic carbocycles. The van der Waals surface area contributed by atoms with Crippen molar-refractivity contribution in [3.63, 3.8) is 0 Å². The Morgan fingerprint density at radius 1 is 1.05 bits per heavy atom. The van der Waals surface area contributed by atoms with E-state index in [0.29, 0.717) is 5.56 Å². The third-order valence-electron chi connectivity index (χ3n) is 2.78. The fourth-order valence-electron chi connectivity index (χ4n) is 1.70. The van der Waals surface area contributed by atoms with Crippen molar-refractivity contribution in [3.8, 4) is 6.07 Å². The molecule has 2 rings (SSSR count). The second-order valence-corrected chi connectivity index (χ2v) is 4.24. The second kappa shape index (κ2) is 6.09. The zero-order valence-corrected chi connectivity index (χ0v) is 10.7. The number of carbonyl (C=O) groups excluding carboxylic acids is 1. The molecule has 2 aromatic rings. The van der Waals surface area contributed by atoms with Gasteiger partial charge in [0.05, 0.1) is 17.2 Å². The van der Waals surface area contributed by atoms with Gasteiger partial charge in [0.15, 0.2) is 11.6 Å². The summed E-state index contributed by atoms with van der Waals surface area (Å²) >= 11 is 0. The molecule has 0 atom stereocenters. The summed E-state index contributed by atoms with van der Waals surface area (Å²) in [6, 6.07) is 8.38. The number of rotatable bonds is 3. The third-order valence-corrected chi connectivity index (χ3v) is 2.78. The van der Waals surface area contributed by atoms with Crippen LogP contribution < -0.4 is 5.32 Å². The quantitative estimate of drug-likeness (QED) is 0.945. The summed E-state index contributed by atoms with van der Waals surface area (Å²) in [5, 5.41) is 11.1. The molecule has 0 aliphatic rings. The van der Waals surface area contributed by atoms with Crippen LogP contribution in [0.15, 0.2) is 36.4 Å². The van der Waals surface area contributed by atoms with E-state index in [1.807, 2.05) is 0 Å². The number of nitrogens with one attached hydrogen (secondary N) is 1. The van der Waals surface area contributed by atoms with Crippen LogP contribution in [-0.2, 0) is 6.54 Å². The zero-order chi connectivity index (χ0) is 15.4. The first-order chi connectivity index (χ1) is 10.0. The smallest absolute Gasteiger partial charge is 0.254 e. The lowest BCUT2D eigenvalue weighted by molar-refractivity contribution is 0.0947. The van der Waals surface area contributed by atoms with Crippen molar-refractivity contribution in [1.29, 1.82) is 5.26 Å². The van der Waals surface area contributed by atoms with Crippen LogP contribution in [-0.4, -0.2) is 5.91 Å². The van der Waals surface area contributed by atoms with Crippen LogP contribution >= 0.6 is 0 Å². The monoisotopic (exact) mass is 290 g/mol. The van der Waals surface area contributed by atoms with Crippen molar-refractivity contribution < 1.29 is 18.0 Å². The molecule has 0 spiro atoms. The largest absolute Gasteiger partial charge is 0.348 e. The molecule has 0 aliphatic heterocycles. The molecule has 0 bridgehead atoms. The van der Waals surface area contributed by atoms with Crippen molar-refractivity contribution in [2.24, 2.45) is 0 Å². The van der Waals surface area contributed by atoms with Crippen LogP contribution in [0.25, 0.3) is 0 Å². The Kier molecular flexibility index (Phi) is 4.24. The molecular formula is C15H9F3N2O. The fourth-order valence-corrected chi connectivity index (χ4v) is 1.70. The summed E-state index contributed by atoms with van der Waals surface area (Å²) in [6.45, 7) is -0.0910. The van der Waals surface area contributed by atoms with Crippen molar-refractivity contribution in [2.75, 3.05) is 0 Å². The zero-order valence-electron chi connectivity index (χ0n) is 10.7. The number of nitriles is 1. The van der Waals surface area contributed by atoms with Gasteiger partial charge in [0.25, 0.3) is 5.91 Å². The second-order valence-electron chi connectivity index (χ2n) is 4.24. The first kappa shape index (κ1) is 14.6. The third kappa shape index (κ3) is 3.39. The molecule has 2 aromatic carbocycles. The Labute approximate surface area is 118 Å². The van der Waals surface area contributed by atoms with E-state index in [0.717, 1.165) is 24.3 Å². The Morgan fingerprint density at radius 3 is 2.43 bits per heavy atom. The fraction of sp³-hybridized carbons (Fsp3) is 0.0667. The van der Waals surface area contributed by atoms with Gasteiger partial charge in [0.2, 0.25) is 0 Å². The number of hydrogen-bond donors (Lipinski definition) is 1. The standard InChI is InChI=1S/C15H9F3N2O/c16-12-3-1-9(7-19)5-11(12)15(21)20-8-10-2-4-13(17)14(18)6-10/h1-6H,8H2,(H,20,21). The highest BCUT2D eigenvalue weighted by atomic mass is 19.2. The van der Waals surface area contributed by atoms with E-state index >= 15 is 0 Å². The highest BCUT2D eigenvalue weighted by Crippen LogP contribution is 2.11. The van der Waals surface area contributed by atoms with E-state index in [-0.39, 0.29) is 17.7 Å². The number of carbonyl (C=O) groups is 1. The molecule has 6 heteroatoms. The van der Waals surface area contributed by atoms with Gasteiger partial charge in [0, 0.05) is 6.54 Å². The molecule has 0 saturated carbocycles. The highest BCUT2D eigenvalue weighted by molar-refractivity contribution is 5.94. The number of halogens is 3. The minimum Gasteiger partial charge on any atom is -0.348 e. The molecular weight excluding hydrogens is 281 g/mol. The Hall–Kier alpha value is -2.81. The first-order valence-corrected chi connectivity index (χ1v) is 5.93. The number of nitrogens with zero attached hydrogens (tertiary/aromatic N) is 1. The molecule has 0 radical (unpaired) electrons. The molecule has 0 fully saturated rings. The molecule has 0 unspecified atom stereocenters. The normalized spacial score (nSPS) is 10.0. The molecule has 21 heavy (non-hydrogen) atoms. The molecule has 106 valence electrons. The summed E-state index contributed by atoms with van der Waals surface area (Å²) in [7, 11) is 0. The van der Waals surface area contributed by atoms with Gasteiger partial charge >= 0.3 is 0 Å². The van der Waals surface area contributed by atoms with Crippen LogP contribution in [0.2, 0.25) is 0 Å². The SMILES string of the molecule is N#Cc1ccc(F)c(C(=O)NCc2ccc(F)c(F)c2)c1. The van der Waals surface area contributed by atoms with Gasteiger partial charge in [-0.1, -0.05) is 6.07 Å². The maximum absolute atomic E-state index is 13.5. The van der Waals surface area contributed by atoms with E-state index in [2.05, 4.69) is 5.32 Å². The number of benzene rings is 2. The predicted octanol–water partition coefficient (Wildman–Crippen LogP) is 2.91. The lowest BCUT2D eigenvalue weighted by Crippen LogP contribution is -2.24. The molecule has 1 N–H and O–H groups in total. The van der Waals surface area contributed by atoms with Crippen molar-refractivity contribution in [2.45, 2.75) is 6.54 Å². The van der Waals surface area contributed by atoms with Gasteiger partial charge in [-0.2, -0.15) is 5.26 Å². The maximum atomic E-state index is 13.5. The number of hydrogen-bond acceptors (Lipinski definition) is 2. The van der Waals surface area contributed by atoms with E-state index in [1.165, 1.54) is 12.1 Å². The maximum Gasteiger partial charge on any atom is 0.254 e. The molecule has 0 aromatic heterocycles.